The van der Waals surface area contributed by atoms with Crippen molar-refractivity contribution in [2.45, 2.75) is 67.2 Å². The molecule has 0 aliphatic rings. The van der Waals surface area contributed by atoms with Crippen LogP contribution in [-0.2, 0) is 7.05 Å². The molecule has 0 bridgehead atoms. The van der Waals surface area contributed by atoms with E-state index < -0.39 is 0 Å². The first-order chi connectivity index (χ1) is 13.6. The Morgan fingerprint density at radius 3 is 1.93 bits per heavy atom. The third-order valence-electron chi connectivity index (χ3n) is 6.56. The van der Waals surface area contributed by atoms with Crippen molar-refractivity contribution in [1.29, 1.82) is 0 Å². The highest BCUT2D eigenvalue weighted by Crippen LogP contribution is 2.36. The second-order valence-corrected chi connectivity index (χ2v) is 9.78. The highest BCUT2D eigenvalue weighted by atomic mass is 14.9. The molecule has 2 aromatic carbocycles. The Hall–Kier alpha value is -2.15. The minimum Gasteiger partial charge on any atom is -0.198 e. The molecule has 0 amide bonds. The van der Waals surface area contributed by atoms with Crippen LogP contribution >= 0.6 is 0 Å². The molecule has 0 unspecified atom stereocenters. The van der Waals surface area contributed by atoms with Crippen LogP contribution in [0.25, 0.3) is 22.0 Å². The van der Waals surface area contributed by atoms with Crippen LogP contribution in [0.15, 0.2) is 42.5 Å². The zero-order chi connectivity index (χ0) is 21.5. The van der Waals surface area contributed by atoms with E-state index in [2.05, 4.69) is 109 Å². The van der Waals surface area contributed by atoms with Gasteiger partial charge in [-0.25, -0.2) is 0 Å². The smallest absolute Gasteiger partial charge is 0.198 e. The highest BCUT2D eigenvalue weighted by molar-refractivity contribution is 5.94. The number of aryl methyl sites for hydroxylation is 2. The molecular weight excluding hydrogens is 350 g/mol. The maximum atomic E-state index is 2.44. The van der Waals surface area contributed by atoms with Gasteiger partial charge in [-0.2, -0.15) is 4.57 Å². The van der Waals surface area contributed by atoms with Crippen molar-refractivity contribution < 1.29 is 4.57 Å². The van der Waals surface area contributed by atoms with E-state index in [1.165, 1.54) is 44.4 Å². The lowest BCUT2D eigenvalue weighted by molar-refractivity contribution is -0.665. The molecule has 1 aromatic heterocycles. The summed E-state index contributed by atoms with van der Waals surface area (Å²) in [5, 5.41) is 2.70. The van der Waals surface area contributed by atoms with Crippen LogP contribution in [0.1, 0.15) is 75.8 Å². The number of fused-ring (bicyclic) bond motifs is 1. The van der Waals surface area contributed by atoms with Gasteiger partial charge in [-0.3, -0.25) is 0 Å². The Balaban J connectivity index is 2.29. The summed E-state index contributed by atoms with van der Waals surface area (Å²) in [5.74, 6) is 2.39. The summed E-state index contributed by atoms with van der Waals surface area (Å²) < 4.78 is 2.36. The largest absolute Gasteiger partial charge is 0.220 e. The SMILES string of the molecule is Cc1ccc(C(C)C)cc1-c1c2ccc(C(C(C)C)C(C)C)cc2cc(C)[n+]1C. The number of aromatic nitrogens is 1. The van der Waals surface area contributed by atoms with Crippen LogP contribution in [0.4, 0.5) is 0 Å². The second-order valence-electron chi connectivity index (χ2n) is 9.78. The van der Waals surface area contributed by atoms with Gasteiger partial charge in [0.25, 0.3) is 0 Å². The van der Waals surface area contributed by atoms with Gasteiger partial charge in [0, 0.05) is 18.6 Å². The van der Waals surface area contributed by atoms with Crippen molar-refractivity contribution >= 4 is 10.8 Å². The predicted molar refractivity (Wildman–Crippen MR) is 127 cm³/mol. The zero-order valence-electron chi connectivity index (χ0n) is 19.8. The Labute approximate surface area is 177 Å². The molecule has 1 nitrogen and oxygen atoms in total. The Bertz CT molecular complexity index is 1020. The van der Waals surface area contributed by atoms with Crippen LogP contribution < -0.4 is 4.57 Å². The van der Waals surface area contributed by atoms with E-state index in [-0.39, 0.29) is 0 Å². The zero-order valence-corrected chi connectivity index (χ0v) is 19.8. The molecule has 3 aromatic rings. The molecule has 0 spiro atoms. The van der Waals surface area contributed by atoms with Gasteiger partial charge in [0.1, 0.15) is 7.05 Å². The minimum atomic E-state index is 0.528. The quantitative estimate of drug-likeness (QED) is 0.399. The number of benzene rings is 2. The third kappa shape index (κ3) is 4.10. The van der Waals surface area contributed by atoms with Crippen LogP contribution in [0.5, 0.6) is 0 Å². The minimum absolute atomic E-state index is 0.528. The van der Waals surface area contributed by atoms with Gasteiger partial charge < -0.3 is 0 Å². The van der Waals surface area contributed by atoms with Gasteiger partial charge in [0.2, 0.25) is 5.69 Å². The monoisotopic (exact) mass is 388 g/mol. The predicted octanol–water partition coefficient (Wildman–Crippen LogP) is 7.47. The molecule has 0 saturated carbocycles. The maximum Gasteiger partial charge on any atom is 0.220 e. The number of pyridine rings is 1. The molecular formula is C28H38N+. The van der Waals surface area contributed by atoms with Crippen LogP contribution in [-0.4, -0.2) is 0 Å². The lowest BCUT2D eigenvalue weighted by Crippen LogP contribution is -2.35. The molecule has 0 fully saturated rings. The first kappa shape index (κ1) is 21.6. The van der Waals surface area contributed by atoms with Crippen molar-refractivity contribution in [2.24, 2.45) is 18.9 Å². The number of hydrogen-bond acceptors (Lipinski definition) is 0. The second kappa shape index (κ2) is 8.30. The Kier molecular flexibility index (Phi) is 6.17. The van der Waals surface area contributed by atoms with Gasteiger partial charge in [0.05, 0.1) is 5.39 Å². The first-order valence-corrected chi connectivity index (χ1v) is 11.2. The van der Waals surface area contributed by atoms with Crippen molar-refractivity contribution in [1.82, 2.24) is 0 Å². The van der Waals surface area contributed by atoms with Gasteiger partial charge in [-0.15, -0.1) is 0 Å². The van der Waals surface area contributed by atoms with E-state index >= 15 is 0 Å². The van der Waals surface area contributed by atoms with Crippen molar-refractivity contribution in [3.63, 3.8) is 0 Å². The molecule has 0 N–H and O–H groups in total. The molecule has 0 atom stereocenters. The van der Waals surface area contributed by atoms with Crippen molar-refractivity contribution in [3.05, 3.63) is 64.8 Å². The van der Waals surface area contributed by atoms with Gasteiger partial charge >= 0.3 is 0 Å². The summed E-state index contributed by atoms with van der Waals surface area (Å²) in [7, 11) is 2.20. The van der Waals surface area contributed by atoms with E-state index in [4.69, 9.17) is 0 Å². The standard InChI is InChI=1S/C28H38N/c1-17(2)22-11-10-20(7)26(16-22)28-25-13-12-23(27(18(3)4)19(5)6)15-24(25)14-21(8)29(28)9/h10-19,27H,1-9H3/q+1. The lowest BCUT2D eigenvalue weighted by atomic mass is 9.79. The summed E-state index contributed by atoms with van der Waals surface area (Å²) >= 11 is 0. The normalized spacial score (nSPS) is 12.2. The van der Waals surface area contributed by atoms with E-state index in [1.54, 1.807) is 0 Å². The molecule has 1 heteroatoms. The maximum absolute atomic E-state index is 2.44. The molecule has 1 heterocycles. The Morgan fingerprint density at radius 2 is 1.34 bits per heavy atom. The van der Waals surface area contributed by atoms with E-state index in [1.807, 2.05) is 0 Å². The third-order valence-corrected chi connectivity index (χ3v) is 6.56. The van der Waals surface area contributed by atoms with Gasteiger partial charge in [-0.05, 0) is 64.8 Å². The number of rotatable bonds is 5. The van der Waals surface area contributed by atoms with Crippen LogP contribution in [0.3, 0.4) is 0 Å². The molecule has 3 rings (SSSR count). The van der Waals surface area contributed by atoms with Crippen molar-refractivity contribution in [2.75, 3.05) is 0 Å². The number of nitrogens with zero attached hydrogens (tertiary/aromatic N) is 1. The van der Waals surface area contributed by atoms with E-state index in [0.29, 0.717) is 23.7 Å². The Morgan fingerprint density at radius 1 is 0.724 bits per heavy atom. The fraction of sp³-hybridized carbons (Fsp3) is 0.464. The van der Waals surface area contributed by atoms with Crippen LogP contribution in [0, 0.1) is 25.7 Å². The molecule has 154 valence electrons. The summed E-state index contributed by atoms with van der Waals surface area (Å²) in [4.78, 5) is 0. The van der Waals surface area contributed by atoms with Crippen molar-refractivity contribution in [3.8, 4) is 11.3 Å². The summed E-state index contributed by atoms with van der Waals surface area (Å²) in [6.07, 6.45) is 0. The van der Waals surface area contributed by atoms with E-state index in [0.717, 1.165) is 0 Å². The topological polar surface area (TPSA) is 3.88 Å². The highest BCUT2D eigenvalue weighted by Gasteiger charge is 2.24. The summed E-state index contributed by atoms with van der Waals surface area (Å²) in [5.41, 5.74) is 8.18. The lowest BCUT2D eigenvalue weighted by Gasteiger charge is -2.25. The summed E-state index contributed by atoms with van der Waals surface area (Å²) in [6.45, 7) is 18.4. The average Bonchev–Trinajstić information content (AvgIpc) is 2.63. The van der Waals surface area contributed by atoms with Gasteiger partial charge in [0.15, 0.2) is 5.69 Å². The molecule has 29 heavy (non-hydrogen) atoms. The van der Waals surface area contributed by atoms with E-state index in [9.17, 15) is 0 Å². The first-order valence-electron chi connectivity index (χ1n) is 11.2. The molecule has 0 aliphatic heterocycles. The van der Waals surface area contributed by atoms with Gasteiger partial charge in [-0.1, -0.05) is 65.8 Å². The molecule has 0 radical (unpaired) electrons. The summed E-state index contributed by atoms with van der Waals surface area (Å²) in [6, 6.07) is 16.5. The van der Waals surface area contributed by atoms with Crippen LogP contribution in [0.2, 0.25) is 0 Å². The average molecular weight is 389 g/mol. The molecule has 0 saturated heterocycles. The fourth-order valence-electron chi connectivity index (χ4n) is 4.92. The number of hydrogen-bond donors (Lipinski definition) is 0. The fourth-order valence-corrected chi connectivity index (χ4v) is 4.92. The molecule has 0 aliphatic carbocycles.